The number of allylic oxidation sites excluding steroid dienone is 1. The fraction of sp³-hybridized carbons (Fsp3) is 0.148. The van der Waals surface area contributed by atoms with Gasteiger partial charge in [-0.2, -0.15) is 0 Å². The van der Waals surface area contributed by atoms with Crippen LogP contribution in [-0.2, 0) is 11.2 Å². The standard InChI is InChI=1S/C27H25NO3/c1-30-22-11-8-19(9-12-22)24-14-10-21-17-23(31-2)13-15-25(21)27(24)20-6-3-18(4-7-20)5-16-26(28)29/h3-9,11-13,15-17H,10,14H2,1-2H3,(H2,28,29). The third kappa shape index (κ3) is 4.38. The van der Waals surface area contributed by atoms with E-state index in [1.54, 1.807) is 20.3 Å². The molecular weight excluding hydrogens is 386 g/mol. The molecule has 0 atom stereocenters. The van der Waals surface area contributed by atoms with E-state index in [4.69, 9.17) is 15.2 Å². The highest BCUT2D eigenvalue weighted by Gasteiger charge is 2.22. The quantitative estimate of drug-likeness (QED) is 0.574. The van der Waals surface area contributed by atoms with E-state index in [0.717, 1.165) is 35.5 Å². The van der Waals surface area contributed by atoms with Crippen molar-refractivity contribution in [1.29, 1.82) is 0 Å². The summed E-state index contributed by atoms with van der Waals surface area (Å²) >= 11 is 0. The zero-order valence-electron chi connectivity index (χ0n) is 17.7. The molecule has 0 aromatic heterocycles. The monoisotopic (exact) mass is 411 g/mol. The van der Waals surface area contributed by atoms with Gasteiger partial charge in [-0.15, -0.1) is 0 Å². The third-order valence-corrected chi connectivity index (χ3v) is 5.61. The molecule has 1 amide bonds. The summed E-state index contributed by atoms with van der Waals surface area (Å²) in [6.07, 6.45) is 4.99. The van der Waals surface area contributed by atoms with Crippen LogP contribution in [0, 0.1) is 0 Å². The van der Waals surface area contributed by atoms with Gasteiger partial charge in [0, 0.05) is 6.08 Å². The van der Waals surface area contributed by atoms with Gasteiger partial charge in [0.2, 0.25) is 5.91 Å². The maximum atomic E-state index is 11.0. The molecule has 1 aliphatic carbocycles. The molecule has 1 aliphatic rings. The largest absolute Gasteiger partial charge is 0.497 e. The van der Waals surface area contributed by atoms with Crippen LogP contribution in [0.1, 0.15) is 34.2 Å². The predicted octanol–water partition coefficient (Wildman–Crippen LogP) is 5.11. The number of ether oxygens (including phenoxy) is 2. The van der Waals surface area contributed by atoms with Crippen molar-refractivity contribution in [1.82, 2.24) is 0 Å². The average molecular weight is 412 g/mol. The van der Waals surface area contributed by atoms with Gasteiger partial charge in [-0.1, -0.05) is 42.5 Å². The van der Waals surface area contributed by atoms with Crippen LogP contribution >= 0.6 is 0 Å². The molecule has 0 fully saturated rings. The van der Waals surface area contributed by atoms with Crippen molar-refractivity contribution in [2.24, 2.45) is 5.73 Å². The Balaban J connectivity index is 1.84. The van der Waals surface area contributed by atoms with Gasteiger partial charge in [0.25, 0.3) is 0 Å². The van der Waals surface area contributed by atoms with Gasteiger partial charge >= 0.3 is 0 Å². The van der Waals surface area contributed by atoms with Crippen LogP contribution in [-0.4, -0.2) is 20.1 Å². The first kappa shape index (κ1) is 20.5. The number of carbonyl (C=O) groups excluding carboxylic acids is 1. The summed E-state index contributed by atoms with van der Waals surface area (Å²) in [5.74, 6) is 1.26. The second-order valence-corrected chi connectivity index (χ2v) is 7.46. The number of aryl methyl sites for hydroxylation is 1. The first-order valence-corrected chi connectivity index (χ1v) is 10.2. The van der Waals surface area contributed by atoms with E-state index < -0.39 is 5.91 Å². The number of fused-ring (bicyclic) bond motifs is 1. The lowest BCUT2D eigenvalue weighted by molar-refractivity contribution is -0.113. The van der Waals surface area contributed by atoms with Gasteiger partial charge in [-0.05, 0) is 82.1 Å². The summed E-state index contributed by atoms with van der Waals surface area (Å²) in [5, 5.41) is 0. The number of rotatable bonds is 6. The number of hydrogen-bond acceptors (Lipinski definition) is 3. The SMILES string of the molecule is COc1ccc(C2=C(c3ccc(C=CC(N)=O)cc3)c3ccc(OC)cc3CC2)cc1. The van der Waals surface area contributed by atoms with Crippen LogP contribution in [0.15, 0.2) is 72.8 Å². The van der Waals surface area contributed by atoms with Gasteiger partial charge in [0.05, 0.1) is 14.2 Å². The summed E-state index contributed by atoms with van der Waals surface area (Å²) in [6.45, 7) is 0. The number of carbonyl (C=O) groups is 1. The smallest absolute Gasteiger partial charge is 0.241 e. The highest BCUT2D eigenvalue weighted by Crippen LogP contribution is 2.42. The zero-order valence-corrected chi connectivity index (χ0v) is 17.7. The predicted molar refractivity (Wildman–Crippen MR) is 125 cm³/mol. The highest BCUT2D eigenvalue weighted by atomic mass is 16.5. The first-order valence-electron chi connectivity index (χ1n) is 10.2. The molecule has 0 aliphatic heterocycles. The lowest BCUT2D eigenvalue weighted by Crippen LogP contribution is -2.07. The van der Waals surface area contributed by atoms with Crippen LogP contribution in [0.3, 0.4) is 0 Å². The average Bonchev–Trinajstić information content (AvgIpc) is 2.82. The van der Waals surface area contributed by atoms with Crippen LogP contribution in [0.25, 0.3) is 17.2 Å². The van der Waals surface area contributed by atoms with Crippen molar-refractivity contribution in [2.45, 2.75) is 12.8 Å². The molecule has 4 heteroatoms. The molecule has 0 spiro atoms. The fourth-order valence-electron chi connectivity index (χ4n) is 4.04. The minimum Gasteiger partial charge on any atom is -0.497 e. The van der Waals surface area contributed by atoms with E-state index in [1.807, 2.05) is 30.3 Å². The van der Waals surface area contributed by atoms with Crippen LogP contribution in [0.5, 0.6) is 11.5 Å². The lowest BCUT2D eigenvalue weighted by Gasteiger charge is -2.25. The number of amides is 1. The molecule has 0 bridgehead atoms. The van der Waals surface area contributed by atoms with Crippen molar-refractivity contribution >= 4 is 23.1 Å². The summed E-state index contributed by atoms with van der Waals surface area (Å²) in [6, 6.07) is 22.7. The Kier molecular flexibility index (Phi) is 5.89. The molecule has 4 nitrogen and oxygen atoms in total. The minimum absolute atomic E-state index is 0.455. The Morgan fingerprint density at radius 2 is 1.48 bits per heavy atom. The second-order valence-electron chi connectivity index (χ2n) is 7.46. The number of methoxy groups -OCH3 is 2. The fourth-order valence-corrected chi connectivity index (χ4v) is 4.04. The van der Waals surface area contributed by atoms with E-state index in [9.17, 15) is 4.79 Å². The Bertz CT molecular complexity index is 1160. The van der Waals surface area contributed by atoms with Crippen LogP contribution in [0.2, 0.25) is 0 Å². The second kappa shape index (κ2) is 8.92. The Morgan fingerprint density at radius 3 is 2.13 bits per heavy atom. The molecule has 0 heterocycles. The van der Waals surface area contributed by atoms with E-state index in [2.05, 4.69) is 36.4 Å². The van der Waals surface area contributed by atoms with Crippen molar-refractivity contribution in [3.63, 3.8) is 0 Å². The van der Waals surface area contributed by atoms with E-state index in [1.165, 1.54) is 33.9 Å². The van der Waals surface area contributed by atoms with Crippen molar-refractivity contribution < 1.29 is 14.3 Å². The lowest BCUT2D eigenvalue weighted by atomic mass is 9.79. The Labute approximate surface area is 182 Å². The first-order chi connectivity index (χ1) is 15.1. The van der Waals surface area contributed by atoms with Crippen molar-refractivity contribution in [2.75, 3.05) is 14.2 Å². The summed E-state index contributed by atoms with van der Waals surface area (Å²) in [7, 11) is 3.38. The third-order valence-electron chi connectivity index (χ3n) is 5.61. The van der Waals surface area contributed by atoms with Crippen LogP contribution in [0.4, 0.5) is 0 Å². The van der Waals surface area contributed by atoms with Crippen LogP contribution < -0.4 is 15.2 Å². The minimum atomic E-state index is -0.455. The molecule has 0 saturated carbocycles. The van der Waals surface area contributed by atoms with Gasteiger partial charge in [-0.3, -0.25) is 4.79 Å². The molecule has 31 heavy (non-hydrogen) atoms. The molecular formula is C27H25NO3. The molecule has 4 rings (SSSR count). The van der Waals surface area contributed by atoms with Gasteiger partial charge in [0.15, 0.2) is 0 Å². The summed E-state index contributed by atoms with van der Waals surface area (Å²) < 4.78 is 10.8. The molecule has 156 valence electrons. The van der Waals surface area contributed by atoms with E-state index >= 15 is 0 Å². The number of nitrogens with two attached hydrogens (primary N) is 1. The number of benzene rings is 3. The van der Waals surface area contributed by atoms with Gasteiger partial charge < -0.3 is 15.2 Å². The molecule has 0 saturated heterocycles. The van der Waals surface area contributed by atoms with Crippen molar-refractivity contribution in [3.05, 3.63) is 101 Å². The molecule has 0 unspecified atom stereocenters. The van der Waals surface area contributed by atoms with Gasteiger partial charge in [0.1, 0.15) is 11.5 Å². The molecule has 3 aromatic carbocycles. The number of hydrogen-bond donors (Lipinski definition) is 1. The summed E-state index contributed by atoms with van der Waals surface area (Å²) in [5.41, 5.74) is 13.5. The zero-order chi connectivity index (χ0) is 21.8. The molecule has 2 N–H and O–H groups in total. The topological polar surface area (TPSA) is 61.5 Å². The Morgan fingerprint density at radius 1 is 0.839 bits per heavy atom. The highest BCUT2D eigenvalue weighted by molar-refractivity contribution is 6.01. The molecule has 0 radical (unpaired) electrons. The maximum absolute atomic E-state index is 11.0. The van der Waals surface area contributed by atoms with Crippen molar-refractivity contribution in [3.8, 4) is 11.5 Å². The maximum Gasteiger partial charge on any atom is 0.241 e. The normalized spacial score (nSPS) is 13.2. The number of primary amides is 1. The Hall–Kier alpha value is -3.79. The van der Waals surface area contributed by atoms with E-state index in [-0.39, 0.29) is 0 Å². The van der Waals surface area contributed by atoms with Gasteiger partial charge in [-0.25, -0.2) is 0 Å². The van der Waals surface area contributed by atoms with E-state index in [0.29, 0.717) is 0 Å². The summed E-state index contributed by atoms with van der Waals surface area (Å²) in [4.78, 5) is 11.0. The molecule has 3 aromatic rings.